The zero-order valence-electron chi connectivity index (χ0n) is 24.3. The van der Waals surface area contributed by atoms with Crippen LogP contribution in [0.3, 0.4) is 0 Å². The van der Waals surface area contributed by atoms with E-state index < -0.39 is 11.0 Å². The number of aliphatic hydroxyl groups excluding tert-OH is 1. The van der Waals surface area contributed by atoms with Crippen LogP contribution < -0.4 is 0 Å². The normalized spacial score (nSPS) is 16.0. The highest BCUT2D eigenvalue weighted by molar-refractivity contribution is 5.82. The van der Waals surface area contributed by atoms with Crippen molar-refractivity contribution in [2.75, 3.05) is 33.4 Å². The molecule has 40 heavy (non-hydrogen) atoms. The van der Waals surface area contributed by atoms with Gasteiger partial charge in [0.1, 0.15) is 5.60 Å². The summed E-state index contributed by atoms with van der Waals surface area (Å²) in [6, 6.07) is 28.4. The molecule has 0 aromatic heterocycles. The van der Waals surface area contributed by atoms with Crippen molar-refractivity contribution in [2.45, 2.75) is 62.9 Å². The van der Waals surface area contributed by atoms with Crippen LogP contribution in [0, 0.1) is 5.92 Å². The molecule has 2 N–H and O–H groups in total. The Bertz CT molecular complexity index is 1150. The van der Waals surface area contributed by atoms with Gasteiger partial charge in [0.25, 0.3) is 0 Å². The third kappa shape index (κ3) is 6.65. The summed E-state index contributed by atoms with van der Waals surface area (Å²) in [5.74, 6) is 0.185. The maximum absolute atomic E-state index is 12.2. The van der Waals surface area contributed by atoms with Crippen molar-refractivity contribution in [1.82, 2.24) is 4.90 Å². The maximum atomic E-state index is 12.2. The minimum Gasteiger partial charge on any atom is -0.468 e. The second-order valence-electron chi connectivity index (χ2n) is 11.7. The Balaban J connectivity index is 1.35. The summed E-state index contributed by atoms with van der Waals surface area (Å²) in [5, 5.41) is 21.9. The highest BCUT2D eigenvalue weighted by atomic mass is 16.5. The lowest BCUT2D eigenvalue weighted by Crippen LogP contribution is -2.44. The Kier molecular flexibility index (Phi) is 10.2. The van der Waals surface area contributed by atoms with Crippen LogP contribution in [-0.4, -0.2) is 54.4 Å². The third-order valence-corrected chi connectivity index (χ3v) is 8.91. The molecule has 214 valence electrons. The summed E-state index contributed by atoms with van der Waals surface area (Å²) < 4.78 is 4.98. The highest BCUT2D eigenvalue weighted by Crippen LogP contribution is 2.42. The van der Waals surface area contributed by atoms with Crippen molar-refractivity contribution in [2.24, 2.45) is 5.92 Å². The largest absolute Gasteiger partial charge is 0.468 e. The predicted octanol–water partition coefficient (Wildman–Crippen LogP) is 6.03. The van der Waals surface area contributed by atoms with Gasteiger partial charge in [-0.1, -0.05) is 84.9 Å². The monoisotopic (exact) mass is 543 g/mol. The summed E-state index contributed by atoms with van der Waals surface area (Å²) in [5.41, 5.74) is 2.38. The van der Waals surface area contributed by atoms with E-state index in [1.165, 1.54) is 12.7 Å². The van der Waals surface area contributed by atoms with Gasteiger partial charge in [0.05, 0.1) is 12.5 Å². The number of ether oxygens (including phenoxy) is 1. The molecule has 3 aromatic carbocycles. The number of methoxy groups -OCH3 is 1. The van der Waals surface area contributed by atoms with E-state index >= 15 is 0 Å². The molecule has 1 fully saturated rings. The van der Waals surface area contributed by atoms with E-state index in [2.05, 4.69) is 17.0 Å². The number of benzene rings is 3. The van der Waals surface area contributed by atoms with E-state index in [-0.39, 0.29) is 24.4 Å². The maximum Gasteiger partial charge on any atom is 0.315 e. The highest BCUT2D eigenvalue weighted by Gasteiger charge is 2.41. The molecular formula is C35H45NO4. The van der Waals surface area contributed by atoms with Crippen LogP contribution >= 0.6 is 0 Å². The number of piperidine rings is 1. The SMILES string of the molecule is COC(=O)C(C)(C)c1ccc(C(CCO)CCCN2CCC(C(O)(c3ccccc3)c3ccccc3)CC2)cc1. The fraction of sp³-hybridized carbons (Fsp3) is 0.457. The van der Waals surface area contributed by atoms with Crippen LogP contribution in [0.15, 0.2) is 84.9 Å². The molecule has 3 aromatic rings. The van der Waals surface area contributed by atoms with E-state index in [4.69, 9.17) is 4.74 Å². The van der Waals surface area contributed by atoms with Gasteiger partial charge in [-0.3, -0.25) is 4.79 Å². The first kappa shape index (κ1) is 30.0. The molecule has 0 spiro atoms. The van der Waals surface area contributed by atoms with Crippen LogP contribution in [0.25, 0.3) is 0 Å². The summed E-state index contributed by atoms with van der Waals surface area (Å²) >= 11 is 0. The second-order valence-corrected chi connectivity index (χ2v) is 11.7. The average Bonchev–Trinajstić information content (AvgIpc) is 3.01. The average molecular weight is 544 g/mol. The van der Waals surface area contributed by atoms with Crippen molar-refractivity contribution < 1.29 is 19.7 Å². The quantitative estimate of drug-likeness (QED) is 0.273. The number of rotatable bonds is 12. The molecule has 1 aliphatic rings. The number of hydrogen-bond acceptors (Lipinski definition) is 5. The number of aliphatic hydroxyl groups is 2. The predicted molar refractivity (Wildman–Crippen MR) is 160 cm³/mol. The number of esters is 1. The molecule has 1 heterocycles. The Morgan fingerprint density at radius 2 is 1.43 bits per heavy atom. The second kappa shape index (κ2) is 13.6. The van der Waals surface area contributed by atoms with E-state index in [0.717, 1.165) is 68.4 Å². The minimum absolute atomic E-state index is 0.156. The molecule has 0 aliphatic carbocycles. The number of carbonyl (C=O) groups excluding carboxylic acids is 1. The summed E-state index contributed by atoms with van der Waals surface area (Å²) in [6.45, 7) is 6.86. The van der Waals surface area contributed by atoms with Gasteiger partial charge in [0.2, 0.25) is 0 Å². The molecule has 1 aliphatic heterocycles. The van der Waals surface area contributed by atoms with Gasteiger partial charge in [0, 0.05) is 6.61 Å². The van der Waals surface area contributed by atoms with Gasteiger partial charge >= 0.3 is 5.97 Å². The van der Waals surface area contributed by atoms with Crippen LogP contribution in [0.4, 0.5) is 0 Å². The fourth-order valence-corrected chi connectivity index (χ4v) is 6.34. The van der Waals surface area contributed by atoms with Crippen molar-refractivity contribution in [3.63, 3.8) is 0 Å². The number of carbonyl (C=O) groups is 1. The van der Waals surface area contributed by atoms with Gasteiger partial charge in [-0.05, 0) is 99.7 Å². The zero-order chi connectivity index (χ0) is 28.6. The minimum atomic E-state index is -0.991. The summed E-state index contributed by atoms with van der Waals surface area (Å²) in [4.78, 5) is 14.7. The van der Waals surface area contributed by atoms with E-state index in [0.29, 0.717) is 0 Å². The molecule has 0 radical (unpaired) electrons. The van der Waals surface area contributed by atoms with Crippen molar-refractivity contribution >= 4 is 5.97 Å². The van der Waals surface area contributed by atoms with Gasteiger partial charge in [-0.15, -0.1) is 0 Å². The zero-order valence-corrected chi connectivity index (χ0v) is 24.3. The van der Waals surface area contributed by atoms with Crippen molar-refractivity contribution in [3.05, 3.63) is 107 Å². The van der Waals surface area contributed by atoms with Crippen molar-refractivity contribution in [3.8, 4) is 0 Å². The Hall–Kier alpha value is -2.99. The van der Waals surface area contributed by atoms with E-state index in [1.807, 2.05) is 86.6 Å². The molecular weight excluding hydrogens is 498 g/mol. The lowest BCUT2D eigenvalue weighted by atomic mass is 9.72. The van der Waals surface area contributed by atoms with Crippen LogP contribution in [0.2, 0.25) is 0 Å². The number of likely N-dealkylation sites (tertiary alicyclic amines) is 1. The Morgan fingerprint density at radius 1 is 0.875 bits per heavy atom. The van der Waals surface area contributed by atoms with E-state index in [1.54, 1.807) is 0 Å². The molecule has 0 bridgehead atoms. The van der Waals surface area contributed by atoms with Gasteiger partial charge in [-0.2, -0.15) is 0 Å². The number of nitrogens with zero attached hydrogens (tertiary/aromatic N) is 1. The number of hydrogen-bond donors (Lipinski definition) is 2. The topological polar surface area (TPSA) is 70.0 Å². The first-order valence-corrected chi connectivity index (χ1v) is 14.7. The molecule has 4 rings (SSSR count). The smallest absolute Gasteiger partial charge is 0.315 e. The first-order valence-electron chi connectivity index (χ1n) is 14.7. The van der Waals surface area contributed by atoms with E-state index in [9.17, 15) is 15.0 Å². The van der Waals surface area contributed by atoms with Gasteiger partial charge in [0.15, 0.2) is 0 Å². The van der Waals surface area contributed by atoms with Crippen LogP contribution in [-0.2, 0) is 20.5 Å². The van der Waals surface area contributed by atoms with Crippen LogP contribution in [0.5, 0.6) is 0 Å². The summed E-state index contributed by atoms with van der Waals surface area (Å²) in [6.07, 6.45) is 4.66. The Morgan fingerprint density at radius 3 is 1.93 bits per heavy atom. The van der Waals surface area contributed by atoms with Crippen molar-refractivity contribution in [1.29, 1.82) is 0 Å². The Labute approximate surface area is 239 Å². The molecule has 1 atom stereocenters. The molecule has 1 saturated heterocycles. The summed E-state index contributed by atoms with van der Waals surface area (Å²) in [7, 11) is 1.42. The third-order valence-electron chi connectivity index (χ3n) is 8.91. The molecule has 0 amide bonds. The molecule has 5 nitrogen and oxygen atoms in total. The lowest BCUT2D eigenvalue weighted by molar-refractivity contribution is -0.146. The standard InChI is InChI=1S/C35H45NO4/c1-34(2,33(38)40-3)29-18-16-28(17-19-29)27(22-26-37)11-10-23-36-24-20-32(21-25-36)35(39,30-12-6-4-7-13-30)31-14-8-5-9-15-31/h4-9,12-19,27,32,37,39H,10-11,20-26H2,1-3H3. The van der Waals surface area contributed by atoms with Gasteiger partial charge in [-0.25, -0.2) is 0 Å². The molecule has 0 saturated carbocycles. The first-order chi connectivity index (χ1) is 19.3. The molecule has 1 unspecified atom stereocenters. The lowest BCUT2D eigenvalue weighted by Gasteiger charge is -2.42. The van der Waals surface area contributed by atoms with Gasteiger partial charge < -0.3 is 19.8 Å². The van der Waals surface area contributed by atoms with Crippen LogP contribution in [0.1, 0.15) is 74.1 Å². The fourth-order valence-electron chi connectivity index (χ4n) is 6.34. The molecule has 5 heteroatoms.